The Kier molecular flexibility index (Phi) is 7.73. The highest BCUT2D eigenvalue weighted by molar-refractivity contribution is 6.08. The summed E-state index contributed by atoms with van der Waals surface area (Å²) in [6.45, 7) is 2.21. The van der Waals surface area contributed by atoms with Crippen LogP contribution in [0.15, 0.2) is 127 Å². The fourth-order valence-corrected chi connectivity index (χ4v) is 8.65. The van der Waals surface area contributed by atoms with Crippen LogP contribution in [-0.2, 0) is 25.5 Å². The van der Waals surface area contributed by atoms with Crippen LogP contribution in [0.25, 0.3) is 10.8 Å². The normalized spacial score (nSPS) is 28.3. The van der Waals surface area contributed by atoms with E-state index in [1.54, 1.807) is 14.7 Å². The fourth-order valence-electron chi connectivity index (χ4n) is 8.65. The van der Waals surface area contributed by atoms with Crippen LogP contribution in [0.2, 0.25) is 0 Å². The van der Waals surface area contributed by atoms with Crippen LogP contribution in [-0.4, -0.2) is 70.7 Å². The Balaban J connectivity index is 1.28. The molecule has 0 radical (unpaired) electrons. The second kappa shape index (κ2) is 12.1. The topological polar surface area (TPSA) is 90.4 Å². The Bertz CT molecular complexity index is 1980. The number of carbonyl (C=O) groups is 3. The summed E-state index contributed by atoms with van der Waals surface area (Å²) in [7, 11) is 0. The molecule has 4 heterocycles. The van der Waals surface area contributed by atoms with Gasteiger partial charge in [0.05, 0.1) is 30.1 Å². The molecule has 1 unspecified atom stereocenters. The van der Waals surface area contributed by atoms with Gasteiger partial charge >= 0.3 is 0 Å². The van der Waals surface area contributed by atoms with Gasteiger partial charge in [0.15, 0.2) is 0 Å². The average molecular weight is 654 g/mol. The van der Waals surface area contributed by atoms with Crippen LogP contribution in [0.1, 0.15) is 18.9 Å². The van der Waals surface area contributed by atoms with Gasteiger partial charge in [0.1, 0.15) is 11.6 Å². The van der Waals surface area contributed by atoms with E-state index in [-0.39, 0.29) is 30.9 Å². The van der Waals surface area contributed by atoms with E-state index < -0.39 is 35.1 Å². The Morgan fingerprint density at radius 1 is 0.735 bits per heavy atom. The highest BCUT2D eigenvalue weighted by atomic mass is 16.5. The molecule has 248 valence electrons. The van der Waals surface area contributed by atoms with Crippen molar-refractivity contribution in [2.75, 3.05) is 29.5 Å². The van der Waals surface area contributed by atoms with E-state index in [2.05, 4.69) is 0 Å². The fraction of sp³-hybridized carbons (Fsp3) is 0.293. The first-order valence-electron chi connectivity index (χ1n) is 17.1. The summed E-state index contributed by atoms with van der Waals surface area (Å²) in [6, 6.07) is 31.2. The second-order valence-electron chi connectivity index (χ2n) is 13.5. The SMILES string of the molecule is CC[C@@]12C=CCN(c3ccccc3)C(=O)[C@@H]1[C@H]1C(=O)N([C@@H](CO)Cc3ccccc3)C3C(=O)N(c4ccc5ccccc5c4)CC=C[C@@]31O2. The summed E-state index contributed by atoms with van der Waals surface area (Å²) in [5.41, 5.74) is -0.187. The predicted octanol–water partition coefficient (Wildman–Crippen LogP) is 5.31. The van der Waals surface area contributed by atoms with Crippen molar-refractivity contribution in [2.45, 2.75) is 43.1 Å². The molecular formula is C41H39N3O5. The molecule has 1 N–H and O–H groups in total. The number of amides is 3. The molecule has 1 spiro atoms. The van der Waals surface area contributed by atoms with Gasteiger partial charge in [0.25, 0.3) is 5.91 Å². The number of hydrogen-bond acceptors (Lipinski definition) is 5. The lowest BCUT2D eigenvalue weighted by Crippen LogP contribution is -2.59. The van der Waals surface area contributed by atoms with Crippen molar-refractivity contribution in [2.24, 2.45) is 11.8 Å². The van der Waals surface area contributed by atoms with Crippen molar-refractivity contribution < 1.29 is 24.2 Å². The van der Waals surface area contributed by atoms with Crippen LogP contribution in [0.3, 0.4) is 0 Å². The molecule has 0 aromatic heterocycles. The number of para-hydroxylation sites is 1. The molecule has 2 fully saturated rings. The van der Waals surface area contributed by atoms with Gasteiger partial charge in [-0.05, 0) is 53.4 Å². The zero-order valence-corrected chi connectivity index (χ0v) is 27.4. The molecule has 8 heteroatoms. The van der Waals surface area contributed by atoms with E-state index in [0.717, 1.165) is 22.0 Å². The molecule has 6 atom stereocenters. The van der Waals surface area contributed by atoms with Gasteiger partial charge in [0, 0.05) is 24.5 Å². The number of aliphatic hydroxyl groups is 1. The second-order valence-corrected chi connectivity index (χ2v) is 13.5. The number of fused-ring (bicyclic) bond motifs is 3. The summed E-state index contributed by atoms with van der Waals surface area (Å²) in [6.07, 6.45) is 8.43. The Morgan fingerprint density at radius 2 is 1.39 bits per heavy atom. The van der Waals surface area contributed by atoms with Gasteiger partial charge in [-0.3, -0.25) is 14.4 Å². The summed E-state index contributed by atoms with van der Waals surface area (Å²) in [5.74, 6) is -2.75. The lowest BCUT2D eigenvalue weighted by Gasteiger charge is -2.41. The molecule has 0 bridgehead atoms. The van der Waals surface area contributed by atoms with Crippen molar-refractivity contribution in [3.05, 3.63) is 133 Å². The highest BCUT2D eigenvalue weighted by Gasteiger charge is 2.76. The molecule has 8 nitrogen and oxygen atoms in total. The number of hydrogen-bond donors (Lipinski definition) is 1. The third-order valence-electron chi connectivity index (χ3n) is 10.9. The van der Waals surface area contributed by atoms with Crippen molar-refractivity contribution in [1.29, 1.82) is 0 Å². The van der Waals surface area contributed by atoms with Crippen LogP contribution in [0, 0.1) is 11.8 Å². The quantitative estimate of drug-likeness (QED) is 0.273. The molecule has 4 aliphatic heterocycles. The summed E-state index contributed by atoms with van der Waals surface area (Å²) in [4.78, 5) is 50.1. The molecule has 0 aliphatic carbocycles. The van der Waals surface area contributed by atoms with Crippen molar-refractivity contribution >= 4 is 39.9 Å². The van der Waals surface area contributed by atoms with E-state index in [0.29, 0.717) is 25.1 Å². The maximum absolute atomic E-state index is 15.2. The summed E-state index contributed by atoms with van der Waals surface area (Å²) < 4.78 is 7.19. The van der Waals surface area contributed by atoms with Gasteiger partial charge in [-0.25, -0.2) is 0 Å². The largest absolute Gasteiger partial charge is 0.394 e. The third kappa shape index (κ3) is 4.84. The maximum atomic E-state index is 15.2. The lowest BCUT2D eigenvalue weighted by atomic mass is 9.73. The van der Waals surface area contributed by atoms with E-state index in [1.807, 2.05) is 134 Å². The zero-order chi connectivity index (χ0) is 33.8. The maximum Gasteiger partial charge on any atom is 0.253 e. The predicted molar refractivity (Wildman–Crippen MR) is 189 cm³/mol. The monoisotopic (exact) mass is 653 g/mol. The lowest BCUT2D eigenvalue weighted by molar-refractivity contribution is -0.149. The van der Waals surface area contributed by atoms with Gasteiger partial charge in [0.2, 0.25) is 11.8 Å². The number of likely N-dealkylation sites (tertiary alicyclic amines) is 1. The number of carbonyl (C=O) groups excluding carboxylic acids is 3. The molecule has 2 saturated heterocycles. The number of nitrogens with zero attached hydrogens (tertiary/aromatic N) is 3. The number of anilines is 2. The van der Waals surface area contributed by atoms with Crippen LogP contribution in [0.5, 0.6) is 0 Å². The highest BCUT2D eigenvalue weighted by Crippen LogP contribution is 2.59. The standard InChI is InChI=1S/C41H39N3O5/c1-2-40-21-11-23-42(31-17-7-4-8-18-31)37(46)34(40)35-38(47)44(33(27-45)25-28-13-5-3-6-14-28)36-39(48)43(24-12-22-41(35,36)49-40)32-20-19-29-15-9-10-16-30(29)26-32/h3-22,26,33-36,45H,2,23-25,27H2,1H3/t33-,34+,35+,36?,40-,41+/m1/s1. The van der Waals surface area contributed by atoms with E-state index in [4.69, 9.17) is 4.74 Å². The van der Waals surface area contributed by atoms with Crippen LogP contribution < -0.4 is 9.80 Å². The number of aliphatic hydroxyl groups excluding tert-OH is 1. The van der Waals surface area contributed by atoms with Gasteiger partial charge in [-0.2, -0.15) is 0 Å². The van der Waals surface area contributed by atoms with E-state index >= 15 is 9.59 Å². The number of benzene rings is 4. The first-order chi connectivity index (χ1) is 23.9. The minimum Gasteiger partial charge on any atom is -0.394 e. The minimum atomic E-state index is -1.44. The van der Waals surface area contributed by atoms with Gasteiger partial charge in [-0.15, -0.1) is 0 Å². The Hall–Kier alpha value is -5.05. The first kappa shape index (κ1) is 31.2. The van der Waals surface area contributed by atoms with Crippen molar-refractivity contribution in [3.63, 3.8) is 0 Å². The summed E-state index contributed by atoms with van der Waals surface area (Å²) >= 11 is 0. The van der Waals surface area contributed by atoms with Crippen molar-refractivity contribution in [3.8, 4) is 0 Å². The van der Waals surface area contributed by atoms with Gasteiger partial charge < -0.3 is 24.5 Å². The van der Waals surface area contributed by atoms with Gasteiger partial charge in [-0.1, -0.05) is 110 Å². The average Bonchev–Trinajstić information content (AvgIpc) is 3.43. The molecule has 49 heavy (non-hydrogen) atoms. The van der Waals surface area contributed by atoms with Crippen LogP contribution >= 0.6 is 0 Å². The molecule has 0 saturated carbocycles. The minimum absolute atomic E-state index is 0.214. The Morgan fingerprint density at radius 3 is 2.10 bits per heavy atom. The Labute approximate surface area is 285 Å². The first-order valence-corrected chi connectivity index (χ1v) is 17.1. The van der Waals surface area contributed by atoms with Crippen molar-refractivity contribution in [1.82, 2.24) is 4.90 Å². The summed E-state index contributed by atoms with van der Waals surface area (Å²) in [5, 5.41) is 13.0. The van der Waals surface area contributed by atoms with Crippen LogP contribution in [0.4, 0.5) is 11.4 Å². The molecule has 4 aromatic rings. The third-order valence-corrected chi connectivity index (χ3v) is 10.9. The molecular weight excluding hydrogens is 614 g/mol. The molecule has 4 aromatic carbocycles. The smallest absolute Gasteiger partial charge is 0.253 e. The van der Waals surface area contributed by atoms with E-state index in [1.165, 1.54) is 0 Å². The molecule has 3 amide bonds. The molecule has 8 rings (SSSR count). The number of rotatable bonds is 7. The zero-order valence-electron chi connectivity index (χ0n) is 27.4. The molecule has 4 aliphatic rings. The number of ether oxygens (including phenoxy) is 1. The van der Waals surface area contributed by atoms with E-state index in [9.17, 15) is 9.90 Å².